The lowest BCUT2D eigenvalue weighted by molar-refractivity contribution is -0.128. The number of hydrogen-bond acceptors (Lipinski definition) is 4. The Hall–Kier alpha value is -2.22. The third-order valence-corrected chi connectivity index (χ3v) is 9.89. The van der Waals surface area contributed by atoms with Crippen LogP contribution in [0.3, 0.4) is 0 Å². The highest BCUT2D eigenvalue weighted by molar-refractivity contribution is 7.89. The summed E-state index contributed by atoms with van der Waals surface area (Å²) in [6.07, 6.45) is 6.43. The number of carbonyl (C=O) groups is 1. The monoisotopic (exact) mass is 495 g/mol. The van der Waals surface area contributed by atoms with Gasteiger partial charge in [-0.25, -0.2) is 13.1 Å². The van der Waals surface area contributed by atoms with E-state index in [1.807, 2.05) is 6.92 Å². The summed E-state index contributed by atoms with van der Waals surface area (Å²) < 4.78 is 28.6. The molecule has 1 aliphatic heterocycles. The Kier molecular flexibility index (Phi) is 7.28. The van der Waals surface area contributed by atoms with Crippen molar-refractivity contribution in [3.8, 4) is 0 Å². The molecule has 2 bridgehead atoms. The zero-order chi connectivity index (χ0) is 24.4. The number of nitrogens with one attached hydrogen (secondary N) is 3. The van der Waals surface area contributed by atoms with Crippen LogP contribution in [-0.2, 0) is 14.8 Å². The molecule has 1 heterocycles. The summed E-state index contributed by atoms with van der Waals surface area (Å²) in [6.45, 7) is 3.04. The maximum atomic E-state index is 13.4. The fraction of sp³-hybridized carbons (Fsp3) is 0.536. The minimum atomic E-state index is -3.62. The molecule has 1 saturated heterocycles. The minimum absolute atomic E-state index is 0.0624. The summed E-state index contributed by atoms with van der Waals surface area (Å²) in [6, 6.07) is 17.5. The summed E-state index contributed by atoms with van der Waals surface area (Å²) >= 11 is 0. The van der Waals surface area contributed by atoms with Gasteiger partial charge in [-0.3, -0.25) is 4.79 Å². The van der Waals surface area contributed by atoms with Crippen molar-refractivity contribution >= 4 is 15.9 Å². The van der Waals surface area contributed by atoms with E-state index in [4.69, 9.17) is 0 Å². The summed E-state index contributed by atoms with van der Waals surface area (Å²) in [5, 5.41) is 6.74. The third-order valence-electron chi connectivity index (χ3n) is 8.36. The van der Waals surface area contributed by atoms with Gasteiger partial charge in [0.15, 0.2) is 0 Å². The van der Waals surface area contributed by atoms with Gasteiger partial charge in [0.05, 0.1) is 10.8 Å². The summed E-state index contributed by atoms with van der Waals surface area (Å²) in [5.74, 6) is 1.34. The lowest BCUT2D eigenvalue weighted by atomic mass is 9.62. The first-order valence-electron chi connectivity index (χ1n) is 13.1. The van der Waals surface area contributed by atoms with Crippen LogP contribution in [0, 0.1) is 24.7 Å². The van der Waals surface area contributed by atoms with Crippen LogP contribution in [0.2, 0.25) is 0 Å². The molecule has 1 amide bonds. The van der Waals surface area contributed by atoms with Crippen LogP contribution < -0.4 is 15.4 Å². The molecule has 35 heavy (non-hydrogen) atoms. The van der Waals surface area contributed by atoms with Crippen molar-refractivity contribution in [3.05, 3.63) is 65.7 Å². The molecule has 2 aromatic carbocycles. The molecule has 0 radical (unpaired) electrons. The maximum absolute atomic E-state index is 13.4. The SMILES string of the molecule is Cc1ccc(S(=O)(=O)N[C@H]2CNC[C@@H](C(=O)NC3[C@@H]4CCC[C@H]3C(c3ccccc3)CC4)C2)cc1. The Bertz CT molecular complexity index is 1120. The van der Waals surface area contributed by atoms with Gasteiger partial charge in [-0.05, 0) is 74.5 Å². The number of amides is 1. The standard InChI is InChI=1S/C28H37N3O3S/c1-19-10-13-24(14-11-19)35(33,34)31-23-16-22(17-29-18-23)28(32)30-27-21-8-5-9-26(27)25(15-12-21)20-6-3-2-4-7-20/h2-4,6-7,10-11,13-14,21-23,25-27,29,31H,5,8-9,12,15-18H2,1H3,(H,30,32)/t21-,22+,23-,25?,26+,27?/m1/s1. The van der Waals surface area contributed by atoms with Gasteiger partial charge >= 0.3 is 0 Å². The fourth-order valence-corrected chi connectivity index (χ4v) is 7.81. The van der Waals surface area contributed by atoms with Gasteiger partial charge in [-0.1, -0.05) is 54.4 Å². The molecule has 7 heteroatoms. The zero-order valence-corrected chi connectivity index (χ0v) is 21.3. The Balaban J connectivity index is 1.24. The van der Waals surface area contributed by atoms with Gasteiger partial charge in [0.2, 0.25) is 15.9 Å². The zero-order valence-electron chi connectivity index (χ0n) is 20.5. The summed E-state index contributed by atoms with van der Waals surface area (Å²) in [7, 11) is -3.62. The minimum Gasteiger partial charge on any atom is -0.353 e. The molecular formula is C28H37N3O3S. The Morgan fingerprint density at radius 2 is 1.71 bits per heavy atom. The average Bonchev–Trinajstić information content (AvgIpc) is 2.85. The predicted molar refractivity (Wildman–Crippen MR) is 137 cm³/mol. The van der Waals surface area contributed by atoms with E-state index in [1.165, 1.54) is 24.8 Å². The molecule has 2 aliphatic carbocycles. The first kappa shape index (κ1) is 24.5. The van der Waals surface area contributed by atoms with Gasteiger partial charge < -0.3 is 10.6 Å². The second kappa shape index (κ2) is 10.4. The lowest BCUT2D eigenvalue weighted by Crippen LogP contribution is -2.56. The second-order valence-corrected chi connectivity index (χ2v) is 12.4. The number of fused-ring (bicyclic) bond motifs is 2. The van der Waals surface area contributed by atoms with Crippen molar-refractivity contribution in [1.82, 2.24) is 15.4 Å². The van der Waals surface area contributed by atoms with Crippen molar-refractivity contribution in [3.63, 3.8) is 0 Å². The van der Waals surface area contributed by atoms with E-state index < -0.39 is 10.0 Å². The van der Waals surface area contributed by atoms with Crippen LogP contribution in [-0.4, -0.2) is 39.5 Å². The predicted octanol–water partition coefficient (Wildman–Crippen LogP) is 3.73. The highest BCUT2D eigenvalue weighted by atomic mass is 32.2. The van der Waals surface area contributed by atoms with E-state index in [2.05, 4.69) is 45.7 Å². The van der Waals surface area contributed by atoms with E-state index in [-0.39, 0.29) is 28.8 Å². The summed E-state index contributed by atoms with van der Waals surface area (Å²) in [5.41, 5.74) is 2.41. The van der Waals surface area contributed by atoms with Crippen molar-refractivity contribution in [1.29, 1.82) is 0 Å². The molecule has 2 saturated carbocycles. The van der Waals surface area contributed by atoms with E-state index >= 15 is 0 Å². The molecule has 6 nitrogen and oxygen atoms in total. The summed E-state index contributed by atoms with van der Waals surface area (Å²) in [4.78, 5) is 13.7. The number of benzene rings is 2. The number of carbonyl (C=O) groups excluding carboxylic acids is 1. The molecule has 188 valence electrons. The number of piperidine rings is 1. The molecule has 0 spiro atoms. The van der Waals surface area contributed by atoms with Gasteiger partial charge in [-0.15, -0.1) is 0 Å². The molecule has 5 rings (SSSR count). The van der Waals surface area contributed by atoms with Crippen LogP contribution in [0.25, 0.3) is 0 Å². The first-order valence-corrected chi connectivity index (χ1v) is 14.5. The van der Waals surface area contributed by atoms with E-state index in [0.29, 0.717) is 37.3 Å². The Morgan fingerprint density at radius 1 is 0.943 bits per heavy atom. The molecular weight excluding hydrogens is 458 g/mol. The third kappa shape index (κ3) is 5.47. The molecule has 6 atom stereocenters. The number of rotatable bonds is 6. The topological polar surface area (TPSA) is 87.3 Å². The first-order chi connectivity index (χ1) is 16.9. The molecule has 3 N–H and O–H groups in total. The fourth-order valence-electron chi connectivity index (χ4n) is 6.56. The second-order valence-electron chi connectivity index (χ2n) is 10.7. The molecule has 3 fully saturated rings. The highest BCUT2D eigenvalue weighted by Gasteiger charge is 2.43. The van der Waals surface area contributed by atoms with Gasteiger partial charge in [-0.2, -0.15) is 0 Å². The quantitative estimate of drug-likeness (QED) is 0.570. The van der Waals surface area contributed by atoms with Crippen LogP contribution in [0.4, 0.5) is 0 Å². The lowest BCUT2D eigenvalue weighted by Gasteiger charge is -2.48. The normalized spacial score (nSPS) is 31.0. The smallest absolute Gasteiger partial charge is 0.240 e. The van der Waals surface area contributed by atoms with Crippen molar-refractivity contribution in [2.24, 2.45) is 17.8 Å². The molecule has 2 aromatic rings. The van der Waals surface area contributed by atoms with Crippen LogP contribution in [0.15, 0.2) is 59.5 Å². The van der Waals surface area contributed by atoms with Gasteiger partial charge in [0.1, 0.15) is 0 Å². The molecule has 3 aliphatic rings. The number of aryl methyl sites for hydroxylation is 1. The van der Waals surface area contributed by atoms with Crippen molar-refractivity contribution in [2.45, 2.75) is 68.3 Å². The average molecular weight is 496 g/mol. The van der Waals surface area contributed by atoms with Gasteiger partial charge in [0, 0.05) is 25.2 Å². The van der Waals surface area contributed by atoms with E-state index in [9.17, 15) is 13.2 Å². The maximum Gasteiger partial charge on any atom is 0.240 e. The molecule has 0 aromatic heterocycles. The number of sulfonamides is 1. The largest absolute Gasteiger partial charge is 0.353 e. The van der Waals surface area contributed by atoms with Crippen molar-refractivity contribution < 1.29 is 13.2 Å². The van der Waals surface area contributed by atoms with Crippen LogP contribution >= 0.6 is 0 Å². The van der Waals surface area contributed by atoms with Crippen LogP contribution in [0.5, 0.6) is 0 Å². The van der Waals surface area contributed by atoms with Gasteiger partial charge in [0.25, 0.3) is 0 Å². The van der Waals surface area contributed by atoms with Crippen molar-refractivity contribution in [2.75, 3.05) is 13.1 Å². The molecule has 2 unspecified atom stereocenters. The number of hydrogen-bond donors (Lipinski definition) is 3. The Morgan fingerprint density at radius 3 is 2.49 bits per heavy atom. The highest BCUT2D eigenvalue weighted by Crippen LogP contribution is 2.47. The van der Waals surface area contributed by atoms with E-state index in [0.717, 1.165) is 18.4 Å². The van der Waals surface area contributed by atoms with Crippen LogP contribution in [0.1, 0.15) is 55.6 Å². The Labute approximate surface area is 209 Å². The van der Waals surface area contributed by atoms with E-state index in [1.54, 1.807) is 24.3 Å².